The number of carbonyl (C=O) groups excluding carboxylic acids is 1. The molecule has 0 aromatic heterocycles. The van der Waals surface area contributed by atoms with Crippen LogP contribution in [0.4, 0.5) is 0 Å². The topological polar surface area (TPSA) is 422 Å². The molecule has 4 aliphatic carbocycles. The fraction of sp³-hybridized carbons (Fsp3) is 0.947. The first kappa shape index (κ1) is 65.3. The highest BCUT2D eigenvalue weighted by atomic mass is 16.8. The van der Waals surface area contributed by atoms with Crippen LogP contribution in [0.2, 0.25) is 0 Å². The molecule has 0 amide bonds. The summed E-state index contributed by atoms with van der Waals surface area (Å²) in [5, 5.41) is 166. The highest BCUT2D eigenvalue weighted by Gasteiger charge is 2.72. The number of allylic oxidation sites excluding steroid dienone is 2. The van der Waals surface area contributed by atoms with Crippen LogP contribution in [-0.4, -0.2) is 280 Å². The molecule has 1 spiro atoms. The minimum Gasteiger partial charge on any atom is -0.394 e. The summed E-state index contributed by atoms with van der Waals surface area (Å²) in [6.07, 6.45) is -37.6. The molecule has 482 valence electrons. The second kappa shape index (κ2) is 24.5. The Balaban J connectivity index is 0.850. The summed E-state index contributed by atoms with van der Waals surface area (Å²) in [6, 6.07) is 0. The Morgan fingerprint density at radius 3 is 1.80 bits per heavy atom. The molecule has 0 aromatic rings. The van der Waals surface area contributed by atoms with Gasteiger partial charge < -0.3 is 129 Å². The van der Waals surface area contributed by atoms with Crippen LogP contribution in [0.5, 0.6) is 0 Å². The molecule has 10 aliphatic rings. The van der Waals surface area contributed by atoms with E-state index in [4.69, 9.17) is 52.1 Å². The number of rotatable bonds is 15. The van der Waals surface area contributed by atoms with Crippen molar-refractivity contribution in [3.63, 3.8) is 0 Å². The number of aliphatic hydroxyl groups is 15. The minimum absolute atomic E-state index is 0.146. The second-order valence-corrected chi connectivity index (χ2v) is 26.5. The van der Waals surface area contributed by atoms with Gasteiger partial charge in [-0.3, -0.25) is 4.79 Å². The molecule has 8 fully saturated rings. The highest BCUT2D eigenvalue weighted by molar-refractivity contribution is 5.83. The lowest BCUT2D eigenvalue weighted by atomic mass is 9.44. The molecule has 0 bridgehead atoms. The summed E-state index contributed by atoms with van der Waals surface area (Å²) in [5.41, 5.74) is 0.0485. The van der Waals surface area contributed by atoms with Crippen molar-refractivity contribution in [2.45, 2.75) is 284 Å². The third-order valence-electron chi connectivity index (χ3n) is 22.1. The maximum atomic E-state index is 13.0. The maximum Gasteiger partial charge on any atom is 0.187 e. The number of aliphatic hydroxyl groups excluding tert-OH is 14. The maximum absolute atomic E-state index is 13.0. The largest absolute Gasteiger partial charge is 0.394 e. The van der Waals surface area contributed by atoms with Crippen molar-refractivity contribution in [2.75, 3.05) is 26.4 Å². The SMILES string of the molecule is CCC(=O)[C@@H]1C[C@H](C)[C@]2(CC[C@]3(C)C4=C(CC[C@@]23C)[C@]2(C)CC[C@H](O[C@@H]3O[C@@H](CO[C@@H]5OC[C@H](O)[C@H](O)[C@@H]5O[C@@H]5O[C@H](CO)[C@H](O)[C@H](O[C@H]6O[C@@H](CO)[C@@H](O)[C@H](O)[C@@H]6O)[C@H]5O[C@@H]5O[C@H](C)[C@@H](O)[C@@H](O)[C@@H]5O)[C@@H](O)[C@H](O)[C@H]3O)[C@](C)(O)[C@H]2CC4)O1. The number of ether oxygens (including phenoxy) is 11. The Labute approximate surface area is 487 Å². The van der Waals surface area contributed by atoms with Crippen LogP contribution in [0.25, 0.3) is 0 Å². The first-order chi connectivity index (χ1) is 39.5. The van der Waals surface area contributed by atoms with Crippen LogP contribution >= 0.6 is 0 Å². The Morgan fingerprint density at radius 2 is 1.14 bits per heavy atom. The van der Waals surface area contributed by atoms with Gasteiger partial charge in [0, 0.05) is 11.8 Å². The molecular formula is C57H92O27. The van der Waals surface area contributed by atoms with Crippen molar-refractivity contribution in [1.82, 2.24) is 0 Å². The molecule has 27 heteroatoms. The number of ketones is 1. The lowest BCUT2D eigenvalue weighted by molar-refractivity contribution is -0.406. The van der Waals surface area contributed by atoms with Crippen LogP contribution in [0, 0.1) is 28.1 Å². The van der Waals surface area contributed by atoms with Gasteiger partial charge in [0.25, 0.3) is 0 Å². The van der Waals surface area contributed by atoms with Crippen molar-refractivity contribution >= 4 is 5.78 Å². The number of Topliss-reactive ketones (excluding diaryl/α,β-unsaturated/α-hetero) is 1. The van der Waals surface area contributed by atoms with Gasteiger partial charge in [-0.1, -0.05) is 45.8 Å². The summed E-state index contributed by atoms with van der Waals surface area (Å²) in [6.45, 7) is 11.1. The molecule has 10 rings (SSSR count). The van der Waals surface area contributed by atoms with Gasteiger partial charge in [-0.05, 0) is 94.3 Å². The van der Waals surface area contributed by atoms with Crippen molar-refractivity contribution in [3.8, 4) is 0 Å². The molecule has 6 aliphatic heterocycles. The van der Waals surface area contributed by atoms with E-state index in [-0.39, 0.29) is 28.4 Å². The van der Waals surface area contributed by atoms with E-state index in [0.29, 0.717) is 25.7 Å². The van der Waals surface area contributed by atoms with Gasteiger partial charge in [-0.2, -0.15) is 0 Å². The molecule has 84 heavy (non-hydrogen) atoms. The van der Waals surface area contributed by atoms with Crippen LogP contribution in [0.15, 0.2) is 11.1 Å². The second-order valence-electron chi connectivity index (χ2n) is 26.5. The van der Waals surface area contributed by atoms with Crippen LogP contribution in [-0.2, 0) is 56.9 Å². The van der Waals surface area contributed by atoms with Crippen LogP contribution in [0.1, 0.15) is 113 Å². The number of hydrogen-bond acceptors (Lipinski definition) is 27. The summed E-state index contributed by atoms with van der Waals surface area (Å²) >= 11 is 0. The predicted molar refractivity (Wildman–Crippen MR) is 281 cm³/mol. The average Bonchev–Trinajstić information content (AvgIpc) is 1.45. The summed E-state index contributed by atoms with van der Waals surface area (Å²) in [7, 11) is 0. The van der Waals surface area contributed by atoms with Gasteiger partial charge in [0.15, 0.2) is 37.2 Å². The zero-order chi connectivity index (χ0) is 61.1. The fourth-order valence-electron chi connectivity index (χ4n) is 16.7. The number of carbonyl (C=O) groups is 1. The molecule has 6 saturated heterocycles. The van der Waals surface area contributed by atoms with E-state index < -0.39 is 203 Å². The van der Waals surface area contributed by atoms with Crippen molar-refractivity contribution in [2.24, 2.45) is 28.1 Å². The normalized spacial score (nSPS) is 55.2. The lowest BCUT2D eigenvalue weighted by Crippen LogP contribution is -2.68. The third kappa shape index (κ3) is 10.7. The van der Waals surface area contributed by atoms with Gasteiger partial charge >= 0.3 is 0 Å². The van der Waals surface area contributed by atoms with Crippen molar-refractivity contribution in [3.05, 3.63) is 11.1 Å². The molecule has 0 aromatic carbocycles. The van der Waals surface area contributed by atoms with Crippen LogP contribution in [0.3, 0.4) is 0 Å². The molecule has 0 unspecified atom stereocenters. The zero-order valence-electron chi connectivity index (χ0n) is 48.7. The van der Waals surface area contributed by atoms with E-state index in [1.165, 1.54) is 18.1 Å². The molecule has 2 saturated carbocycles. The Kier molecular flexibility index (Phi) is 19.1. The standard InChI is InChI=1S/C57H92O27/c1-8-26(60)28-17-22(2)57(84-28)16-15-54(5)25-9-10-32-53(4,24(25)11-14-55(54,57)6)13-12-33(56(32,7)73)80-49-43(71)41(69)37(65)31(79-49)21-75-51-46(35(63)27(61)20-74-51)82-52-47(83-48-42(70)39(67)34(62)23(3)76-48)45(38(66)30(19-59)78-52)81-50-44(72)40(68)36(64)29(18-58)77-50/h22-23,27-52,58-59,61-73H,8-21H2,1-7H3/t22-,23+,27-,28-,29-,30+,31-,32-,33-,34+,35-,36+,37+,38-,39+,40-,41-,42-,43+,44-,45-,46-,47+,48-,49-,50+,51-,52-,53-,54+,55+,56+,57-/m0/s1. The lowest BCUT2D eigenvalue weighted by Gasteiger charge is -2.63. The molecular weight excluding hydrogens is 1120 g/mol. The zero-order valence-corrected chi connectivity index (χ0v) is 48.7. The van der Waals surface area contributed by atoms with Crippen molar-refractivity contribution in [1.29, 1.82) is 0 Å². The van der Waals surface area contributed by atoms with Crippen LogP contribution < -0.4 is 0 Å². The number of fused-ring (bicyclic) bond motifs is 5. The van der Waals surface area contributed by atoms with E-state index in [9.17, 15) is 81.4 Å². The summed E-state index contributed by atoms with van der Waals surface area (Å²) in [5.74, 6) is 0.0709. The molecule has 6 heterocycles. The average molecular weight is 1210 g/mol. The first-order valence-electron chi connectivity index (χ1n) is 30.0. The Bertz CT molecular complexity index is 2330. The van der Waals surface area contributed by atoms with E-state index in [0.717, 1.165) is 38.5 Å². The summed E-state index contributed by atoms with van der Waals surface area (Å²) in [4.78, 5) is 13.0. The first-order valence-corrected chi connectivity index (χ1v) is 30.0. The van der Waals surface area contributed by atoms with Gasteiger partial charge in [-0.25, -0.2) is 0 Å². The fourth-order valence-corrected chi connectivity index (χ4v) is 16.7. The van der Waals surface area contributed by atoms with Gasteiger partial charge in [0.1, 0.15) is 116 Å². The Hall–Kier alpha value is -1.63. The van der Waals surface area contributed by atoms with E-state index in [1.807, 2.05) is 6.92 Å². The van der Waals surface area contributed by atoms with E-state index >= 15 is 0 Å². The molecule has 27 nitrogen and oxygen atoms in total. The van der Waals surface area contributed by atoms with Gasteiger partial charge in [-0.15, -0.1) is 0 Å². The number of hydrogen-bond donors (Lipinski definition) is 15. The third-order valence-corrected chi connectivity index (χ3v) is 22.1. The molecule has 15 N–H and O–H groups in total. The van der Waals surface area contributed by atoms with Gasteiger partial charge in [0.05, 0.1) is 49.8 Å². The smallest absolute Gasteiger partial charge is 0.187 e. The highest BCUT2D eigenvalue weighted by Crippen LogP contribution is 2.75. The molecule has 33 atom stereocenters. The monoisotopic (exact) mass is 1210 g/mol. The van der Waals surface area contributed by atoms with Crippen molar-refractivity contribution < 1.29 is 133 Å². The van der Waals surface area contributed by atoms with E-state index in [1.54, 1.807) is 6.92 Å². The molecule has 0 radical (unpaired) electrons. The summed E-state index contributed by atoms with van der Waals surface area (Å²) < 4.78 is 66.9. The quantitative estimate of drug-likeness (QED) is 0.0698. The predicted octanol–water partition coefficient (Wildman–Crippen LogP) is -3.86. The Morgan fingerprint density at radius 1 is 0.571 bits per heavy atom. The van der Waals surface area contributed by atoms with Gasteiger partial charge in [0.2, 0.25) is 0 Å². The van der Waals surface area contributed by atoms with E-state index in [2.05, 4.69) is 27.7 Å². The minimum atomic E-state index is -2.05.